The molecule has 76 valence electrons. The normalized spacial score (nSPS) is 25.9. The van der Waals surface area contributed by atoms with Crippen LogP contribution in [-0.2, 0) is 12.1 Å². The summed E-state index contributed by atoms with van der Waals surface area (Å²) >= 11 is 6.02. The molecule has 0 saturated heterocycles. The van der Waals surface area contributed by atoms with E-state index in [1.807, 2.05) is 6.07 Å². The third kappa shape index (κ3) is 1.43. The maximum Gasteiger partial charge on any atom is 0.148 e. The summed E-state index contributed by atoms with van der Waals surface area (Å²) < 4.78 is 14.3. The first-order valence-corrected chi connectivity index (χ1v) is 5.22. The third-order valence-corrected chi connectivity index (χ3v) is 3.28. The van der Waals surface area contributed by atoms with Crippen molar-refractivity contribution in [3.63, 3.8) is 0 Å². The predicted octanol–water partition coefficient (Wildman–Crippen LogP) is 2.80. The predicted molar refractivity (Wildman–Crippen MR) is 56.2 cm³/mol. The van der Waals surface area contributed by atoms with E-state index >= 15 is 0 Å². The number of halogens is 2. The Morgan fingerprint density at radius 1 is 1.50 bits per heavy atom. The van der Waals surface area contributed by atoms with Crippen molar-refractivity contribution >= 4 is 11.6 Å². The zero-order valence-corrected chi connectivity index (χ0v) is 8.65. The van der Waals surface area contributed by atoms with Gasteiger partial charge in [-0.15, -0.1) is 0 Å². The number of nitrogens with two attached hydrogens (primary N) is 1. The lowest BCUT2D eigenvalue weighted by Crippen LogP contribution is -2.34. The van der Waals surface area contributed by atoms with E-state index in [2.05, 4.69) is 0 Å². The highest BCUT2D eigenvalue weighted by Crippen LogP contribution is 2.40. The van der Waals surface area contributed by atoms with Gasteiger partial charge in [0.2, 0.25) is 0 Å². The number of hydrogen-bond acceptors (Lipinski definition) is 1. The first kappa shape index (κ1) is 9.94. The van der Waals surface area contributed by atoms with Crippen LogP contribution in [0.4, 0.5) is 4.39 Å². The maximum absolute atomic E-state index is 14.3. The Balaban J connectivity index is 2.55. The van der Waals surface area contributed by atoms with E-state index in [0.717, 1.165) is 18.4 Å². The molecule has 3 heteroatoms. The molecule has 1 aromatic carbocycles. The van der Waals surface area contributed by atoms with Gasteiger partial charge in [0.1, 0.15) is 5.67 Å². The van der Waals surface area contributed by atoms with Crippen molar-refractivity contribution in [2.75, 3.05) is 6.54 Å². The molecule has 0 heterocycles. The monoisotopic (exact) mass is 213 g/mol. The molecule has 1 aliphatic rings. The molecule has 0 aromatic heterocycles. The average Bonchev–Trinajstić information content (AvgIpc) is 2.20. The van der Waals surface area contributed by atoms with Gasteiger partial charge >= 0.3 is 0 Å². The van der Waals surface area contributed by atoms with Crippen molar-refractivity contribution in [2.45, 2.75) is 24.9 Å². The SMILES string of the molecule is NCC1(F)CCCc2c(Cl)cccc21. The number of alkyl halides is 1. The van der Waals surface area contributed by atoms with E-state index in [-0.39, 0.29) is 6.54 Å². The molecule has 1 aromatic rings. The lowest BCUT2D eigenvalue weighted by Gasteiger charge is -2.31. The molecule has 1 nitrogen and oxygen atoms in total. The number of hydrogen-bond donors (Lipinski definition) is 1. The summed E-state index contributed by atoms with van der Waals surface area (Å²) in [6, 6.07) is 5.40. The van der Waals surface area contributed by atoms with Gasteiger partial charge in [-0.1, -0.05) is 23.7 Å². The third-order valence-electron chi connectivity index (χ3n) is 2.92. The molecular formula is C11H13ClFN. The first-order valence-electron chi connectivity index (χ1n) is 4.84. The molecule has 0 radical (unpaired) electrons. The molecule has 1 atom stereocenters. The summed E-state index contributed by atoms with van der Waals surface area (Å²) in [4.78, 5) is 0. The summed E-state index contributed by atoms with van der Waals surface area (Å²) in [5.74, 6) is 0. The Bertz CT molecular complexity index is 353. The molecule has 1 unspecified atom stereocenters. The van der Waals surface area contributed by atoms with Crippen molar-refractivity contribution in [3.05, 3.63) is 34.3 Å². The van der Waals surface area contributed by atoms with Crippen LogP contribution in [0.2, 0.25) is 5.02 Å². The van der Waals surface area contributed by atoms with Gasteiger partial charge in [-0.05, 0) is 36.5 Å². The topological polar surface area (TPSA) is 26.0 Å². The lowest BCUT2D eigenvalue weighted by molar-refractivity contribution is 0.147. The molecule has 0 fully saturated rings. The summed E-state index contributed by atoms with van der Waals surface area (Å²) in [5, 5.41) is 0.665. The zero-order chi connectivity index (χ0) is 10.2. The van der Waals surface area contributed by atoms with Crippen LogP contribution < -0.4 is 5.73 Å². The van der Waals surface area contributed by atoms with E-state index in [1.165, 1.54) is 0 Å². The van der Waals surface area contributed by atoms with Crippen LogP contribution in [-0.4, -0.2) is 6.54 Å². The van der Waals surface area contributed by atoms with Crippen molar-refractivity contribution in [1.82, 2.24) is 0 Å². The van der Waals surface area contributed by atoms with E-state index in [9.17, 15) is 4.39 Å². The van der Waals surface area contributed by atoms with Gasteiger partial charge in [-0.2, -0.15) is 0 Å². The quantitative estimate of drug-likeness (QED) is 0.763. The van der Waals surface area contributed by atoms with Gasteiger partial charge in [-0.3, -0.25) is 0 Å². The summed E-state index contributed by atoms with van der Waals surface area (Å²) in [6.07, 6.45) is 2.20. The fourth-order valence-electron chi connectivity index (χ4n) is 2.12. The summed E-state index contributed by atoms with van der Waals surface area (Å²) in [7, 11) is 0. The number of benzene rings is 1. The lowest BCUT2D eigenvalue weighted by atomic mass is 9.80. The van der Waals surface area contributed by atoms with Crippen LogP contribution >= 0.6 is 11.6 Å². The van der Waals surface area contributed by atoms with Crippen LogP contribution in [0.1, 0.15) is 24.0 Å². The van der Waals surface area contributed by atoms with Crippen molar-refractivity contribution in [3.8, 4) is 0 Å². The maximum atomic E-state index is 14.3. The number of fused-ring (bicyclic) bond motifs is 1. The Kier molecular flexibility index (Phi) is 2.50. The average molecular weight is 214 g/mol. The molecular weight excluding hydrogens is 201 g/mol. The van der Waals surface area contributed by atoms with Gasteiger partial charge in [0.15, 0.2) is 0 Å². The minimum atomic E-state index is -1.36. The smallest absolute Gasteiger partial charge is 0.148 e. The summed E-state index contributed by atoms with van der Waals surface area (Å²) in [6.45, 7) is 0.0420. The highest BCUT2D eigenvalue weighted by molar-refractivity contribution is 6.31. The minimum Gasteiger partial charge on any atom is -0.327 e. The fourth-order valence-corrected chi connectivity index (χ4v) is 2.39. The largest absolute Gasteiger partial charge is 0.327 e. The van der Waals surface area contributed by atoms with Crippen LogP contribution in [0.3, 0.4) is 0 Å². The molecule has 2 N–H and O–H groups in total. The standard InChI is InChI=1S/C11H13ClFN/c12-10-5-1-4-9-8(10)3-2-6-11(9,13)7-14/h1,4-5H,2-3,6-7,14H2. The van der Waals surface area contributed by atoms with E-state index in [0.29, 0.717) is 17.0 Å². The van der Waals surface area contributed by atoms with E-state index in [4.69, 9.17) is 17.3 Å². The molecule has 2 rings (SSSR count). The fraction of sp³-hybridized carbons (Fsp3) is 0.455. The van der Waals surface area contributed by atoms with Crippen LogP contribution in [0, 0.1) is 0 Å². The van der Waals surface area contributed by atoms with E-state index in [1.54, 1.807) is 12.1 Å². The Labute approximate surface area is 88.1 Å². The van der Waals surface area contributed by atoms with Crippen molar-refractivity contribution in [2.24, 2.45) is 5.73 Å². The van der Waals surface area contributed by atoms with Crippen molar-refractivity contribution in [1.29, 1.82) is 0 Å². The Morgan fingerprint density at radius 2 is 2.29 bits per heavy atom. The molecule has 0 saturated carbocycles. The molecule has 0 amide bonds. The first-order chi connectivity index (χ1) is 6.67. The summed E-state index contributed by atoms with van der Waals surface area (Å²) in [5.41, 5.74) is 5.75. The highest BCUT2D eigenvalue weighted by atomic mass is 35.5. The Morgan fingerprint density at radius 3 is 3.00 bits per heavy atom. The van der Waals surface area contributed by atoms with Gasteiger partial charge < -0.3 is 5.73 Å². The van der Waals surface area contributed by atoms with Gasteiger partial charge in [0.05, 0.1) is 0 Å². The van der Waals surface area contributed by atoms with Crippen molar-refractivity contribution < 1.29 is 4.39 Å². The van der Waals surface area contributed by atoms with Gasteiger partial charge in [0.25, 0.3) is 0 Å². The Hall–Kier alpha value is -0.600. The molecule has 1 aliphatic carbocycles. The molecule has 0 bridgehead atoms. The van der Waals surface area contributed by atoms with Crippen LogP contribution in [0.5, 0.6) is 0 Å². The second-order valence-corrected chi connectivity index (χ2v) is 4.20. The second-order valence-electron chi connectivity index (χ2n) is 3.79. The van der Waals surface area contributed by atoms with Gasteiger partial charge in [0, 0.05) is 11.6 Å². The molecule has 0 aliphatic heterocycles. The molecule has 14 heavy (non-hydrogen) atoms. The minimum absolute atomic E-state index is 0.0420. The van der Waals surface area contributed by atoms with E-state index < -0.39 is 5.67 Å². The highest BCUT2D eigenvalue weighted by Gasteiger charge is 2.35. The second kappa shape index (κ2) is 3.52. The number of rotatable bonds is 1. The van der Waals surface area contributed by atoms with Gasteiger partial charge in [-0.25, -0.2) is 4.39 Å². The molecule has 0 spiro atoms. The zero-order valence-electron chi connectivity index (χ0n) is 7.89. The van der Waals surface area contributed by atoms with Crippen LogP contribution in [0.15, 0.2) is 18.2 Å². The van der Waals surface area contributed by atoms with Crippen LogP contribution in [0.25, 0.3) is 0 Å².